The number of hydrogen-bond acceptors (Lipinski definition) is 6. The zero-order chi connectivity index (χ0) is 83.2. The molecule has 11 nitrogen and oxygen atoms in total. The average Bonchev–Trinajstić information content (AvgIpc) is 1.52. The summed E-state index contributed by atoms with van der Waals surface area (Å²) in [6, 6.07) is 144. The van der Waals surface area contributed by atoms with Gasteiger partial charge in [-0.15, -0.1) is 11.3 Å². The van der Waals surface area contributed by atoms with E-state index in [4.69, 9.17) is 24.4 Å². The first-order valence-corrected chi connectivity index (χ1v) is 44.3. The quantitative estimate of drug-likeness (QED) is 0.151. The third kappa shape index (κ3) is 9.64. The molecule has 0 N–H and O–H groups in total. The van der Waals surface area contributed by atoms with Gasteiger partial charge >= 0.3 is 0 Å². The number of fused-ring (bicyclic) bond motifs is 32. The second kappa shape index (κ2) is 26.3. The maximum Gasteiger partial charge on any atom is 0.238 e. The molecule has 128 heavy (non-hydrogen) atoms. The topological polar surface area (TPSA) is 93.2 Å². The van der Waals surface area contributed by atoms with Crippen molar-refractivity contribution in [3.8, 4) is 68.0 Å². The molecule has 0 radical (unpaired) electrons. The van der Waals surface area contributed by atoms with Gasteiger partial charge in [0.25, 0.3) is 0 Å². The number of hydrogen-bond donors (Lipinski definition) is 0. The summed E-state index contributed by atoms with van der Waals surface area (Å²) >= 11 is 1.74. The van der Waals surface area contributed by atoms with Gasteiger partial charge < -0.3 is 22.4 Å². The van der Waals surface area contributed by atoms with E-state index in [9.17, 15) is 0 Å². The Morgan fingerprint density at radius 3 is 1.04 bits per heavy atom. The van der Waals surface area contributed by atoms with Gasteiger partial charge in [0.2, 0.25) is 17.6 Å². The van der Waals surface area contributed by atoms with Crippen LogP contribution in [0.3, 0.4) is 0 Å². The van der Waals surface area contributed by atoms with Crippen LogP contribution in [-0.2, 0) is 0 Å². The Bertz CT molecular complexity index is 9410. The van der Waals surface area contributed by atoms with Crippen molar-refractivity contribution in [2.24, 2.45) is 0 Å². The summed E-state index contributed by atoms with van der Waals surface area (Å²) in [5, 5.41) is 23.5. The molecule has 592 valence electrons. The Kier molecular flexibility index (Phi) is 14.2. The van der Waals surface area contributed by atoms with E-state index in [-0.39, 0.29) is 0 Å². The van der Waals surface area contributed by atoms with Crippen LogP contribution in [0.5, 0.6) is 0 Å². The molecular weight excluding hydrogens is 1580 g/mol. The number of aromatic nitrogens is 10. The summed E-state index contributed by atoms with van der Waals surface area (Å²) in [6.07, 6.45) is 0. The van der Waals surface area contributed by atoms with Gasteiger partial charge in [-0.25, -0.2) is 15.0 Å². The van der Waals surface area contributed by atoms with Crippen molar-refractivity contribution in [1.29, 1.82) is 0 Å². The smallest absolute Gasteiger partial charge is 0.238 e. The molecule has 0 spiro atoms. The van der Waals surface area contributed by atoms with Gasteiger partial charge in [0, 0.05) is 130 Å². The monoisotopic (exact) mass is 1650 g/mol. The molecule has 18 aromatic carbocycles. The van der Waals surface area contributed by atoms with Crippen molar-refractivity contribution in [1.82, 2.24) is 47.0 Å². The third-order valence-corrected chi connectivity index (χ3v) is 28.3. The zero-order valence-corrected chi connectivity index (χ0v) is 69.2. The minimum atomic E-state index is 0.553. The summed E-state index contributed by atoms with van der Waals surface area (Å²) < 4.78 is 22.2. The molecule has 0 atom stereocenters. The highest BCUT2D eigenvalue weighted by Gasteiger charge is 2.31. The predicted octanol–water partition coefficient (Wildman–Crippen LogP) is 30.6. The SMILES string of the molecule is c1ccc(-c2ccc3c4cc5c(c6ccccc6n5-c5nc(-c6ccc7c8ccccc8n(-c8ccccc8)c7c6)c6c(n5)oc5ccccc56)c5c6ccccc6n(c3c2)c45)cc1.c1ccc(-c2ccc3c4cc5c(c6ccccc6n5-c5nc(-c6ccc7c8ccccc8n(-c8ccccc8)c7c6)c6c(n5)sc5ccccc56)c5c6ccccc6n(c3c2)c45)cc1. The normalized spacial score (nSPS) is 12.4. The minimum absolute atomic E-state index is 0.553. The number of thiophene rings is 1. The van der Waals surface area contributed by atoms with Crippen LogP contribution >= 0.6 is 11.3 Å². The van der Waals surface area contributed by atoms with Crippen molar-refractivity contribution < 1.29 is 4.42 Å². The molecule has 0 saturated heterocycles. The molecule has 0 aliphatic heterocycles. The van der Waals surface area contributed by atoms with E-state index >= 15 is 0 Å². The standard InChI is InChI=1S/C58H33N5O.C58H33N5S/c2*1-3-15-34(16-4-1)35-27-29-40-44-33-50-52(53-42-21-9-12-24-46(42)62(56(44)53)49(40)31-35)41-20-8-13-25-47(41)63(50)58-59-55(54-43-22-10-14-26-51(43)64-57(54)60-58)36-28-30-39-38-19-7-11-23-45(38)61(48(39)32-36)37-17-5-2-6-18-37/h2*1-33H. The highest BCUT2D eigenvalue weighted by molar-refractivity contribution is 7.25. The summed E-state index contributed by atoms with van der Waals surface area (Å²) in [5.41, 5.74) is 28.3. The average molecular weight is 1650 g/mol. The van der Waals surface area contributed by atoms with Crippen LogP contribution in [0.4, 0.5) is 0 Å². The predicted molar refractivity (Wildman–Crippen MR) is 533 cm³/mol. The van der Waals surface area contributed by atoms with Crippen LogP contribution in [0, 0.1) is 0 Å². The molecule has 0 aliphatic rings. The lowest BCUT2D eigenvalue weighted by Gasteiger charge is -2.12. The van der Waals surface area contributed by atoms with Crippen LogP contribution < -0.4 is 0 Å². The van der Waals surface area contributed by atoms with Gasteiger partial charge in [-0.05, 0) is 131 Å². The Morgan fingerprint density at radius 2 is 0.555 bits per heavy atom. The fraction of sp³-hybridized carbons (Fsp3) is 0. The van der Waals surface area contributed by atoms with E-state index in [1.54, 1.807) is 11.3 Å². The second-order valence-electron chi connectivity index (χ2n) is 33.8. The van der Waals surface area contributed by atoms with Crippen molar-refractivity contribution in [2.75, 3.05) is 0 Å². The van der Waals surface area contributed by atoms with Gasteiger partial charge in [-0.1, -0.05) is 291 Å². The molecule has 12 heteroatoms. The number of benzene rings is 18. The molecule has 12 aromatic heterocycles. The molecular formula is C116H66N10OS. The highest BCUT2D eigenvalue weighted by Crippen LogP contribution is 2.52. The first-order chi connectivity index (χ1) is 63.5. The van der Waals surface area contributed by atoms with Crippen molar-refractivity contribution in [3.63, 3.8) is 0 Å². The van der Waals surface area contributed by atoms with E-state index in [1.807, 2.05) is 12.1 Å². The largest absolute Gasteiger partial charge is 0.437 e. The lowest BCUT2D eigenvalue weighted by Crippen LogP contribution is -2.03. The Labute approximate surface area is 731 Å². The Balaban J connectivity index is 0.000000127. The van der Waals surface area contributed by atoms with Gasteiger partial charge in [0.05, 0.1) is 94.0 Å². The molecule has 0 bridgehead atoms. The molecule has 30 aromatic rings. The molecule has 12 heterocycles. The summed E-state index contributed by atoms with van der Waals surface area (Å²) in [4.78, 5) is 23.3. The van der Waals surface area contributed by atoms with E-state index in [2.05, 4.69) is 415 Å². The fourth-order valence-electron chi connectivity index (χ4n) is 21.9. The summed E-state index contributed by atoms with van der Waals surface area (Å²) in [5.74, 6) is 1.22. The van der Waals surface area contributed by atoms with Crippen molar-refractivity contribution in [2.45, 2.75) is 0 Å². The molecule has 0 unspecified atom stereocenters. The first kappa shape index (κ1) is 69.5. The fourth-order valence-corrected chi connectivity index (χ4v) is 22.9. The van der Waals surface area contributed by atoms with Gasteiger partial charge in [0.1, 0.15) is 10.4 Å². The van der Waals surface area contributed by atoms with E-state index in [1.165, 1.54) is 152 Å². The summed E-state index contributed by atoms with van der Waals surface area (Å²) in [7, 11) is 0. The zero-order valence-electron chi connectivity index (χ0n) is 68.4. The van der Waals surface area contributed by atoms with Crippen molar-refractivity contribution in [3.05, 3.63) is 400 Å². The van der Waals surface area contributed by atoms with Crippen LogP contribution in [-0.4, -0.2) is 47.0 Å². The van der Waals surface area contributed by atoms with Crippen molar-refractivity contribution >= 4 is 217 Å². The lowest BCUT2D eigenvalue weighted by molar-refractivity contribution is 0.651. The Hall–Kier alpha value is -17.1. The van der Waals surface area contributed by atoms with Crippen LogP contribution in [0.1, 0.15) is 0 Å². The number of furan rings is 1. The molecule has 0 saturated carbocycles. The highest BCUT2D eigenvalue weighted by atomic mass is 32.1. The number of para-hydroxylation sites is 9. The molecule has 0 amide bonds. The molecule has 30 rings (SSSR count). The third-order valence-electron chi connectivity index (χ3n) is 27.2. The van der Waals surface area contributed by atoms with Gasteiger partial charge in [-0.2, -0.15) is 4.98 Å². The van der Waals surface area contributed by atoms with E-state index in [0.29, 0.717) is 17.6 Å². The minimum Gasteiger partial charge on any atom is -0.437 e. The number of nitrogens with zero attached hydrogens (tertiary/aromatic N) is 10. The first-order valence-electron chi connectivity index (χ1n) is 43.5. The molecule has 0 fully saturated rings. The lowest BCUT2D eigenvalue weighted by atomic mass is 10.0. The maximum absolute atomic E-state index is 6.70. The van der Waals surface area contributed by atoms with Crippen LogP contribution in [0.25, 0.3) is 274 Å². The van der Waals surface area contributed by atoms with Crippen LogP contribution in [0.2, 0.25) is 0 Å². The summed E-state index contributed by atoms with van der Waals surface area (Å²) in [6.45, 7) is 0. The number of rotatable bonds is 8. The molecule has 0 aliphatic carbocycles. The van der Waals surface area contributed by atoms with E-state index in [0.717, 1.165) is 104 Å². The maximum atomic E-state index is 6.70. The van der Waals surface area contributed by atoms with Crippen LogP contribution in [0.15, 0.2) is 405 Å². The second-order valence-corrected chi connectivity index (χ2v) is 34.9. The van der Waals surface area contributed by atoms with Gasteiger partial charge in [-0.3, -0.25) is 9.13 Å². The van der Waals surface area contributed by atoms with E-state index < -0.39 is 0 Å². The van der Waals surface area contributed by atoms with Gasteiger partial charge in [0.15, 0.2) is 0 Å². The Morgan fingerprint density at radius 1 is 0.203 bits per heavy atom.